The SMILES string of the molecule is COc1ccccc1C(=O)N1CCC2(CC1)OCCC[C@@H]2O. The van der Waals surface area contributed by atoms with Crippen LogP contribution < -0.4 is 4.74 Å². The number of hydrogen-bond acceptors (Lipinski definition) is 4. The van der Waals surface area contributed by atoms with Crippen LogP contribution in [0.1, 0.15) is 36.0 Å². The Morgan fingerprint density at radius 2 is 2.09 bits per heavy atom. The van der Waals surface area contributed by atoms with E-state index in [4.69, 9.17) is 9.47 Å². The van der Waals surface area contributed by atoms with Crippen LogP contribution in [0.5, 0.6) is 5.75 Å². The molecule has 0 unspecified atom stereocenters. The first-order valence-electron chi connectivity index (χ1n) is 7.90. The standard InChI is InChI=1S/C17H23NO4/c1-21-14-6-3-2-5-13(14)16(20)18-10-8-17(9-11-18)15(19)7-4-12-22-17/h2-3,5-6,15,19H,4,7-12H2,1H3/t15-/m0/s1. The summed E-state index contributed by atoms with van der Waals surface area (Å²) in [5.74, 6) is 0.583. The highest BCUT2D eigenvalue weighted by Gasteiger charge is 2.44. The average molecular weight is 305 g/mol. The molecule has 1 amide bonds. The summed E-state index contributed by atoms with van der Waals surface area (Å²) in [5, 5.41) is 10.3. The largest absolute Gasteiger partial charge is 0.496 e. The van der Waals surface area contributed by atoms with Crippen LogP contribution in [-0.4, -0.2) is 54.4 Å². The van der Waals surface area contributed by atoms with E-state index < -0.39 is 11.7 Å². The summed E-state index contributed by atoms with van der Waals surface area (Å²) in [6.45, 7) is 1.92. The summed E-state index contributed by atoms with van der Waals surface area (Å²) < 4.78 is 11.2. The van der Waals surface area contributed by atoms with E-state index in [1.54, 1.807) is 19.2 Å². The zero-order valence-electron chi connectivity index (χ0n) is 13.0. The van der Waals surface area contributed by atoms with Gasteiger partial charge in [-0.05, 0) is 37.8 Å². The van der Waals surface area contributed by atoms with Crippen LogP contribution in [0.25, 0.3) is 0 Å². The molecular formula is C17H23NO4. The number of aliphatic hydroxyl groups excluding tert-OH is 1. The second kappa shape index (κ2) is 6.26. The number of carbonyl (C=O) groups excluding carboxylic acids is 1. The Morgan fingerprint density at radius 1 is 1.36 bits per heavy atom. The number of methoxy groups -OCH3 is 1. The lowest BCUT2D eigenvalue weighted by Crippen LogP contribution is -2.56. The molecule has 0 aromatic heterocycles. The fraction of sp³-hybridized carbons (Fsp3) is 0.588. The van der Waals surface area contributed by atoms with Crippen LogP contribution in [0.4, 0.5) is 0 Å². The van der Waals surface area contributed by atoms with E-state index >= 15 is 0 Å². The number of ether oxygens (including phenoxy) is 2. The van der Waals surface area contributed by atoms with Gasteiger partial charge in [-0.15, -0.1) is 0 Å². The summed E-state index contributed by atoms with van der Waals surface area (Å²) in [6.07, 6.45) is 2.67. The van der Waals surface area contributed by atoms with Gasteiger partial charge < -0.3 is 19.5 Å². The van der Waals surface area contributed by atoms with E-state index in [0.29, 0.717) is 43.9 Å². The van der Waals surface area contributed by atoms with E-state index in [0.717, 1.165) is 12.8 Å². The molecule has 2 aliphatic heterocycles. The van der Waals surface area contributed by atoms with Crippen molar-refractivity contribution in [2.45, 2.75) is 37.4 Å². The maximum absolute atomic E-state index is 12.7. The van der Waals surface area contributed by atoms with Crippen molar-refractivity contribution in [1.29, 1.82) is 0 Å². The van der Waals surface area contributed by atoms with E-state index in [2.05, 4.69) is 0 Å². The van der Waals surface area contributed by atoms with Crippen LogP contribution in [0.2, 0.25) is 0 Å². The smallest absolute Gasteiger partial charge is 0.257 e. The van der Waals surface area contributed by atoms with Gasteiger partial charge in [-0.3, -0.25) is 4.79 Å². The maximum atomic E-state index is 12.7. The lowest BCUT2D eigenvalue weighted by molar-refractivity contribution is -0.174. The van der Waals surface area contributed by atoms with Gasteiger partial charge >= 0.3 is 0 Å². The van der Waals surface area contributed by atoms with E-state index in [1.165, 1.54) is 0 Å². The Labute approximate surface area is 130 Å². The molecule has 2 heterocycles. The van der Waals surface area contributed by atoms with E-state index in [9.17, 15) is 9.90 Å². The molecule has 0 saturated carbocycles. The number of aliphatic hydroxyl groups is 1. The summed E-state index contributed by atoms with van der Waals surface area (Å²) in [5.41, 5.74) is 0.140. The van der Waals surface area contributed by atoms with Gasteiger partial charge in [0, 0.05) is 19.7 Å². The second-order valence-electron chi connectivity index (χ2n) is 6.06. The summed E-state index contributed by atoms with van der Waals surface area (Å²) in [7, 11) is 1.57. The van der Waals surface area contributed by atoms with E-state index in [1.807, 2.05) is 17.0 Å². The fourth-order valence-corrected chi connectivity index (χ4v) is 3.47. The summed E-state index contributed by atoms with van der Waals surface area (Å²) in [6, 6.07) is 7.28. The molecule has 5 heteroatoms. The first kappa shape index (κ1) is 15.3. The molecule has 0 aliphatic carbocycles. The molecule has 1 aromatic carbocycles. The molecule has 1 atom stereocenters. The minimum atomic E-state index is -0.449. The number of amides is 1. The van der Waals surface area contributed by atoms with Gasteiger partial charge in [0.2, 0.25) is 0 Å². The Bertz CT molecular complexity index is 537. The topological polar surface area (TPSA) is 59.0 Å². The number of likely N-dealkylation sites (tertiary alicyclic amines) is 1. The average Bonchev–Trinajstić information content (AvgIpc) is 2.58. The number of rotatable bonds is 2. The Hall–Kier alpha value is -1.59. The molecule has 1 N–H and O–H groups in total. The fourth-order valence-electron chi connectivity index (χ4n) is 3.47. The summed E-state index contributed by atoms with van der Waals surface area (Å²) >= 11 is 0. The molecule has 1 spiro atoms. The third kappa shape index (κ3) is 2.71. The predicted octanol–water partition coefficient (Wildman–Crippen LogP) is 1.84. The molecule has 120 valence electrons. The van der Waals surface area contributed by atoms with Crippen LogP contribution in [0.15, 0.2) is 24.3 Å². The zero-order valence-corrected chi connectivity index (χ0v) is 13.0. The molecule has 2 fully saturated rings. The van der Waals surface area contributed by atoms with Crippen molar-refractivity contribution < 1.29 is 19.4 Å². The highest BCUT2D eigenvalue weighted by Crippen LogP contribution is 2.35. The van der Waals surface area contributed by atoms with Gasteiger partial charge in [-0.1, -0.05) is 12.1 Å². The molecule has 3 rings (SSSR count). The van der Waals surface area contributed by atoms with Crippen molar-refractivity contribution in [1.82, 2.24) is 4.90 Å². The molecule has 0 bridgehead atoms. The lowest BCUT2D eigenvalue weighted by Gasteiger charge is -2.46. The molecule has 0 radical (unpaired) electrons. The van der Waals surface area contributed by atoms with Crippen molar-refractivity contribution >= 4 is 5.91 Å². The molecule has 5 nitrogen and oxygen atoms in total. The number of nitrogens with zero attached hydrogens (tertiary/aromatic N) is 1. The van der Waals surface area contributed by atoms with Crippen LogP contribution in [-0.2, 0) is 4.74 Å². The monoisotopic (exact) mass is 305 g/mol. The van der Waals surface area contributed by atoms with Crippen molar-refractivity contribution in [2.75, 3.05) is 26.8 Å². The number of carbonyl (C=O) groups is 1. The molecular weight excluding hydrogens is 282 g/mol. The lowest BCUT2D eigenvalue weighted by atomic mass is 9.82. The van der Waals surface area contributed by atoms with Crippen molar-refractivity contribution in [3.8, 4) is 5.75 Å². The predicted molar refractivity (Wildman–Crippen MR) is 82.1 cm³/mol. The van der Waals surface area contributed by atoms with Gasteiger partial charge in [0.1, 0.15) is 5.75 Å². The van der Waals surface area contributed by atoms with Crippen molar-refractivity contribution in [3.63, 3.8) is 0 Å². The minimum Gasteiger partial charge on any atom is -0.496 e. The van der Waals surface area contributed by atoms with Crippen LogP contribution >= 0.6 is 0 Å². The highest BCUT2D eigenvalue weighted by molar-refractivity contribution is 5.97. The van der Waals surface area contributed by atoms with E-state index in [-0.39, 0.29) is 5.91 Å². The van der Waals surface area contributed by atoms with Gasteiger partial charge in [0.05, 0.1) is 24.4 Å². The Balaban J connectivity index is 1.69. The number of benzene rings is 1. The normalized spacial score (nSPS) is 24.3. The van der Waals surface area contributed by atoms with Crippen LogP contribution in [0, 0.1) is 0 Å². The van der Waals surface area contributed by atoms with Crippen LogP contribution in [0.3, 0.4) is 0 Å². The zero-order chi connectivity index (χ0) is 15.6. The van der Waals surface area contributed by atoms with Gasteiger partial charge in [0.25, 0.3) is 5.91 Å². The molecule has 22 heavy (non-hydrogen) atoms. The molecule has 2 aliphatic rings. The van der Waals surface area contributed by atoms with Gasteiger partial charge in [-0.2, -0.15) is 0 Å². The third-order valence-corrected chi connectivity index (χ3v) is 4.85. The first-order valence-corrected chi connectivity index (χ1v) is 7.90. The third-order valence-electron chi connectivity index (χ3n) is 4.85. The molecule has 2 saturated heterocycles. The quantitative estimate of drug-likeness (QED) is 0.906. The molecule has 1 aromatic rings. The Kier molecular flexibility index (Phi) is 4.36. The first-order chi connectivity index (χ1) is 10.7. The maximum Gasteiger partial charge on any atom is 0.257 e. The van der Waals surface area contributed by atoms with Crippen molar-refractivity contribution in [3.05, 3.63) is 29.8 Å². The highest BCUT2D eigenvalue weighted by atomic mass is 16.5. The van der Waals surface area contributed by atoms with Gasteiger partial charge in [-0.25, -0.2) is 0 Å². The number of piperidine rings is 1. The number of para-hydroxylation sites is 1. The minimum absolute atomic E-state index is 0.0161. The van der Waals surface area contributed by atoms with Crippen molar-refractivity contribution in [2.24, 2.45) is 0 Å². The number of hydrogen-bond donors (Lipinski definition) is 1. The Morgan fingerprint density at radius 3 is 2.77 bits per heavy atom. The summed E-state index contributed by atoms with van der Waals surface area (Å²) in [4.78, 5) is 14.5. The second-order valence-corrected chi connectivity index (χ2v) is 6.06. The van der Waals surface area contributed by atoms with Gasteiger partial charge in [0.15, 0.2) is 0 Å².